The quantitative estimate of drug-likeness (QED) is 0.792. The van der Waals surface area contributed by atoms with Gasteiger partial charge in [-0.15, -0.1) is 0 Å². The highest BCUT2D eigenvalue weighted by Gasteiger charge is 2.14. The number of carbonyl (C=O) groups excluding carboxylic acids is 1. The summed E-state index contributed by atoms with van der Waals surface area (Å²) < 4.78 is 10.5. The summed E-state index contributed by atoms with van der Waals surface area (Å²) in [6.45, 7) is 3.89. The van der Waals surface area contributed by atoms with Crippen LogP contribution in [0.4, 0.5) is 0 Å². The zero-order valence-electron chi connectivity index (χ0n) is 11.8. The van der Waals surface area contributed by atoms with E-state index in [4.69, 9.17) is 14.6 Å². The van der Waals surface area contributed by atoms with E-state index in [0.717, 1.165) is 0 Å². The molecule has 0 aliphatic heterocycles. The first kappa shape index (κ1) is 15.8. The van der Waals surface area contributed by atoms with Gasteiger partial charge in [-0.25, -0.2) is 0 Å². The summed E-state index contributed by atoms with van der Waals surface area (Å²) in [5.74, 6) is -0.906. The summed E-state index contributed by atoms with van der Waals surface area (Å²) in [5.41, 5.74) is 0.395. The lowest BCUT2D eigenvalue weighted by molar-refractivity contribution is -0.140. The van der Waals surface area contributed by atoms with E-state index in [-0.39, 0.29) is 12.5 Å². The number of nitrogens with one attached hydrogen (secondary N) is 1. The van der Waals surface area contributed by atoms with Gasteiger partial charge in [0.1, 0.15) is 0 Å². The maximum Gasteiger partial charge on any atom is 0.308 e. The second-order valence-electron chi connectivity index (χ2n) is 4.25. The number of hydrogen-bond donors (Lipinski definition) is 2. The smallest absolute Gasteiger partial charge is 0.308 e. The van der Waals surface area contributed by atoms with Crippen LogP contribution in [-0.4, -0.2) is 37.2 Å². The molecule has 0 fully saturated rings. The van der Waals surface area contributed by atoms with Gasteiger partial charge < -0.3 is 19.9 Å². The molecule has 0 aliphatic rings. The lowest BCUT2D eigenvalue weighted by Crippen LogP contribution is -2.31. The fourth-order valence-electron chi connectivity index (χ4n) is 1.52. The SMILES string of the molecule is CCOc1cc(C(=O)NCC(C)C(=O)O)ccc1OC. The third-order valence-corrected chi connectivity index (χ3v) is 2.72. The molecule has 20 heavy (non-hydrogen) atoms. The molecule has 0 spiro atoms. The molecule has 1 atom stereocenters. The molecule has 6 heteroatoms. The van der Waals surface area contributed by atoms with Crippen LogP contribution in [0.2, 0.25) is 0 Å². The van der Waals surface area contributed by atoms with Gasteiger partial charge in [0.05, 0.1) is 19.6 Å². The van der Waals surface area contributed by atoms with Gasteiger partial charge in [-0.1, -0.05) is 6.92 Å². The van der Waals surface area contributed by atoms with Crippen molar-refractivity contribution in [2.45, 2.75) is 13.8 Å². The highest BCUT2D eigenvalue weighted by molar-refractivity contribution is 5.95. The van der Waals surface area contributed by atoms with Crippen molar-refractivity contribution in [1.29, 1.82) is 0 Å². The van der Waals surface area contributed by atoms with Crippen molar-refractivity contribution in [3.8, 4) is 11.5 Å². The fraction of sp³-hybridized carbons (Fsp3) is 0.429. The number of methoxy groups -OCH3 is 1. The van der Waals surface area contributed by atoms with E-state index in [1.54, 1.807) is 18.2 Å². The number of amides is 1. The topological polar surface area (TPSA) is 84.9 Å². The van der Waals surface area contributed by atoms with Crippen LogP contribution in [0.15, 0.2) is 18.2 Å². The minimum atomic E-state index is -0.949. The van der Waals surface area contributed by atoms with Gasteiger partial charge in [0.2, 0.25) is 0 Å². The first-order valence-corrected chi connectivity index (χ1v) is 6.31. The number of carboxylic acid groups (broad SMARTS) is 1. The molecule has 110 valence electrons. The van der Waals surface area contributed by atoms with Crippen LogP contribution in [0.1, 0.15) is 24.2 Å². The molecule has 2 N–H and O–H groups in total. The van der Waals surface area contributed by atoms with Crippen molar-refractivity contribution in [2.75, 3.05) is 20.3 Å². The van der Waals surface area contributed by atoms with Gasteiger partial charge in [0.25, 0.3) is 5.91 Å². The maximum atomic E-state index is 11.9. The van der Waals surface area contributed by atoms with E-state index in [1.807, 2.05) is 6.92 Å². The summed E-state index contributed by atoms with van der Waals surface area (Å²) in [5, 5.41) is 11.3. The Bertz CT molecular complexity index is 486. The molecular formula is C14H19NO5. The molecular weight excluding hydrogens is 262 g/mol. The Labute approximate surface area is 117 Å². The van der Waals surface area contributed by atoms with E-state index >= 15 is 0 Å². The van der Waals surface area contributed by atoms with Gasteiger partial charge in [0.15, 0.2) is 11.5 Å². The molecule has 0 bridgehead atoms. The molecule has 1 amide bonds. The third-order valence-electron chi connectivity index (χ3n) is 2.72. The highest BCUT2D eigenvalue weighted by Crippen LogP contribution is 2.27. The summed E-state index contributed by atoms with van der Waals surface area (Å²) in [4.78, 5) is 22.6. The minimum absolute atomic E-state index is 0.0736. The number of carboxylic acids is 1. The molecule has 0 heterocycles. The molecule has 0 saturated carbocycles. The van der Waals surface area contributed by atoms with Crippen LogP contribution in [0, 0.1) is 5.92 Å². The van der Waals surface area contributed by atoms with Crippen molar-refractivity contribution in [1.82, 2.24) is 5.32 Å². The van der Waals surface area contributed by atoms with Crippen LogP contribution in [-0.2, 0) is 4.79 Å². The summed E-state index contributed by atoms with van der Waals surface area (Å²) >= 11 is 0. The van der Waals surface area contributed by atoms with Crippen molar-refractivity contribution < 1.29 is 24.2 Å². The molecule has 0 saturated heterocycles. The minimum Gasteiger partial charge on any atom is -0.493 e. The largest absolute Gasteiger partial charge is 0.493 e. The Hall–Kier alpha value is -2.24. The Morgan fingerprint density at radius 3 is 2.60 bits per heavy atom. The van der Waals surface area contributed by atoms with E-state index in [0.29, 0.717) is 23.7 Å². The van der Waals surface area contributed by atoms with Crippen LogP contribution < -0.4 is 14.8 Å². The zero-order chi connectivity index (χ0) is 15.1. The number of hydrogen-bond acceptors (Lipinski definition) is 4. The standard InChI is InChI=1S/C14H19NO5/c1-4-20-12-7-10(5-6-11(12)19-3)13(16)15-8-9(2)14(17)18/h5-7,9H,4,8H2,1-3H3,(H,15,16)(H,17,18). The van der Waals surface area contributed by atoms with Gasteiger partial charge >= 0.3 is 5.97 Å². The summed E-state index contributed by atoms with van der Waals surface area (Å²) in [7, 11) is 1.52. The normalized spacial score (nSPS) is 11.6. The molecule has 1 aromatic carbocycles. The Morgan fingerprint density at radius 1 is 1.35 bits per heavy atom. The predicted octanol–water partition coefficient (Wildman–Crippen LogP) is 1.54. The zero-order valence-corrected chi connectivity index (χ0v) is 11.8. The Kier molecular flexibility index (Phi) is 5.83. The van der Waals surface area contributed by atoms with Crippen molar-refractivity contribution in [3.63, 3.8) is 0 Å². The molecule has 0 aromatic heterocycles. The van der Waals surface area contributed by atoms with Crippen molar-refractivity contribution >= 4 is 11.9 Å². The van der Waals surface area contributed by atoms with E-state index in [1.165, 1.54) is 14.0 Å². The summed E-state index contributed by atoms with van der Waals surface area (Å²) in [6.07, 6.45) is 0. The number of ether oxygens (including phenoxy) is 2. The summed E-state index contributed by atoms with van der Waals surface area (Å²) in [6, 6.07) is 4.81. The number of rotatable bonds is 7. The molecule has 1 aromatic rings. The molecule has 0 aliphatic carbocycles. The molecule has 1 unspecified atom stereocenters. The number of benzene rings is 1. The second-order valence-corrected chi connectivity index (χ2v) is 4.25. The van der Waals surface area contributed by atoms with Crippen molar-refractivity contribution in [2.24, 2.45) is 5.92 Å². The Morgan fingerprint density at radius 2 is 2.05 bits per heavy atom. The van der Waals surface area contributed by atoms with Gasteiger partial charge in [-0.05, 0) is 25.1 Å². The molecule has 6 nitrogen and oxygen atoms in total. The monoisotopic (exact) mass is 281 g/mol. The lowest BCUT2D eigenvalue weighted by Gasteiger charge is -2.12. The van der Waals surface area contributed by atoms with Gasteiger partial charge in [-0.2, -0.15) is 0 Å². The first-order valence-electron chi connectivity index (χ1n) is 6.31. The first-order chi connectivity index (χ1) is 9.49. The Balaban J connectivity index is 2.78. The average Bonchev–Trinajstić information content (AvgIpc) is 2.44. The average molecular weight is 281 g/mol. The van der Waals surface area contributed by atoms with Crippen LogP contribution in [0.3, 0.4) is 0 Å². The van der Waals surface area contributed by atoms with Gasteiger partial charge in [-0.3, -0.25) is 9.59 Å². The predicted molar refractivity (Wildman–Crippen MR) is 73.3 cm³/mol. The second kappa shape index (κ2) is 7.37. The van der Waals surface area contributed by atoms with Crippen LogP contribution >= 0.6 is 0 Å². The number of aliphatic carboxylic acids is 1. The van der Waals surface area contributed by atoms with E-state index < -0.39 is 11.9 Å². The molecule has 1 rings (SSSR count). The van der Waals surface area contributed by atoms with E-state index in [2.05, 4.69) is 5.32 Å². The molecule has 0 radical (unpaired) electrons. The fourth-order valence-corrected chi connectivity index (χ4v) is 1.52. The third kappa shape index (κ3) is 4.15. The van der Waals surface area contributed by atoms with Gasteiger partial charge in [0, 0.05) is 12.1 Å². The van der Waals surface area contributed by atoms with E-state index in [9.17, 15) is 9.59 Å². The van der Waals surface area contributed by atoms with Crippen molar-refractivity contribution in [3.05, 3.63) is 23.8 Å². The maximum absolute atomic E-state index is 11.9. The van der Waals surface area contributed by atoms with Crippen LogP contribution in [0.5, 0.6) is 11.5 Å². The lowest BCUT2D eigenvalue weighted by atomic mass is 10.1. The highest BCUT2D eigenvalue weighted by atomic mass is 16.5. The number of carbonyl (C=O) groups is 2. The van der Waals surface area contributed by atoms with Crippen LogP contribution in [0.25, 0.3) is 0 Å².